The predicted octanol–water partition coefficient (Wildman–Crippen LogP) is 4.11. The van der Waals surface area contributed by atoms with Crippen LogP contribution in [-0.2, 0) is 0 Å². The summed E-state index contributed by atoms with van der Waals surface area (Å²) in [5.74, 6) is 0.833. The average Bonchev–Trinajstić information content (AvgIpc) is 2.37. The quantitative estimate of drug-likeness (QED) is 0.783. The fourth-order valence-corrected chi connectivity index (χ4v) is 1.91. The van der Waals surface area contributed by atoms with Crippen LogP contribution >= 0.6 is 0 Å². The molecule has 0 unspecified atom stereocenters. The van der Waals surface area contributed by atoms with E-state index in [1.54, 1.807) is 6.07 Å². The van der Waals surface area contributed by atoms with E-state index in [0.717, 1.165) is 23.6 Å². The summed E-state index contributed by atoms with van der Waals surface area (Å²) in [7, 11) is 0. The zero-order valence-electron chi connectivity index (χ0n) is 10.1. The molecule has 2 rings (SSSR count). The van der Waals surface area contributed by atoms with E-state index in [9.17, 15) is 5.11 Å². The van der Waals surface area contributed by atoms with Gasteiger partial charge in [-0.15, -0.1) is 0 Å². The van der Waals surface area contributed by atoms with Gasteiger partial charge >= 0.3 is 0 Å². The van der Waals surface area contributed by atoms with Gasteiger partial charge in [0, 0.05) is 5.39 Å². The van der Waals surface area contributed by atoms with Crippen molar-refractivity contribution in [3.63, 3.8) is 0 Å². The molecule has 0 aliphatic rings. The topological polar surface area (TPSA) is 29.5 Å². The SMILES string of the molecule is CCCCCOc1c(O)ccc2ccccc12. The fraction of sp³-hybridized carbons (Fsp3) is 0.333. The third-order valence-electron chi connectivity index (χ3n) is 2.85. The molecule has 0 spiro atoms. The van der Waals surface area contributed by atoms with Crippen LogP contribution in [-0.4, -0.2) is 11.7 Å². The van der Waals surface area contributed by atoms with Crippen LogP contribution in [0.15, 0.2) is 36.4 Å². The molecule has 0 fully saturated rings. The Morgan fingerprint density at radius 1 is 1.06 bits per heavy atom. The van der Waals surface area contributed by atoms with Crippen LogP contribution in [0.1, 0.15) is 26.2 Å². The maximum Gasteiger partial charge on any atom is 0.168 e. The molecule has 0 heterocycles. The second-order valence-electron chi connectivity index (χ2n) is 4.19. The van der Waals surface area contributed by atoms with Crippen LogP contribution < -0.4 is 4.74 Å². The van der Waals surface area contributed by atoms with Gasteiger partial charge in [-0.2, -0.15) is 0 Å². The van der Waals surface area contributed by atoms with E-state index >= 15 is 0 Å². The Kier molecular flexibility index (Phi) is 3.86. The number of rotatable bonds is 5. The van der Waals surface area contributed by atoms with Crippen LogP contribution in [0.5, 0.6) is 11.5 Å². The highest BCUT2D eigenvalue weighted by atomic mass is 16.5. The molecule has 0 saturated carbocycles. The number of phenols is 1. The van der Waals surface area contributed by atoms with E-state index in [0.29, 0.717) is 12.4 Å². The van der Waals surface area contributed by atoms with E-state index < -0.39 is 0 Å². The van der Waals surface area contributed by atoms with Crippen LogP contribution in [0.25, 0.3) is 10.8 Å². The molecule has 90 valence electrons. The maximum absolute atomic E-state index is 9.84. The molecular weight excluding hydrogens is 212 g/mol. The van der Waals surface area contributed by atoms with Crippen molar-refractivity contribution in [2.45, 2.75) is 26.2 Å². The number of ether oxygens (including phenoxy) is 1. The Labute approximate surface area is 102 Å². The first kappa shape index (κ1) is 11.8. The highest BCUT2D eigenvalue weighted by Crippen LogP contribution is 2.34. The largest absolute Gasteiger partial charge is 0.504 e. The second-order valence-corrected chi connectivity index (χ2v) is 4.19. The Balaban J connectivity index is 2.22. The molecule has 2 heteroatoms. The van der Waals surface area contributed by atoms with Crippen LogP contribution in [0, 0.1) is 0 Å². The molecule has 0 atom stereocenters. The predicted molar refractivity (Wildman–Crippen MR) is 70.6 cm³/mol. The van der Waals surface area contributed by atoms with Gasteiger partial charge in [0.25, 0.3) is 0 Å². The molecule has 2 nitrogen and oxygen atoms in total. The molecule has 17 heavy (non-hydrogen) atoms. The Morgan fingerprint density at radius 2 is 1.88 bits per heavy atom. The molecule has 0 amide bonds. The molecule has 0 saturated heterocycles. The summed E-state index contributed by atoms with van der Waals surface area (Å²) in [5.41, 5.74) is 0. The van der Waals surface area contributed by atoms with Crippen LogP contribution in [0.4, 0.5) is 0 Å². The summed E-state index contributed by atoms with van der Waals surface area (Å²) < 4.78 is 5.70. The minimum atomic E-state index is 0.222. The Hall–Kier alpha value is -1.70. The summed E-state index contributed by atoms with van der Waals surface area (Å²) in [5, 5.41) is 11.9. The molecule has 0 aromatic heterocycles. The fourth-order valence-electron chi connectivity index (χ4n) is 1.91. The zero-order valence-corrected chi connectivity index (χ0v) is 10.1. The van der Waals surface area contributed by atoms with Gasteiger partial charge in [-0.3, -0.25) is 0 Å². The molecule has 0 bridgehead atoms. The van der Waals surface area contributed by atoms with Crippen molar-refractivity contribution in [1.29, 1.82) is 0 Å². The maximum atomic E-state index is 9.84. The molecule has 2 aromatic carbocycles. The first-order valence-corrected chi connectivity index (χ1v) is 6.16. The molecule has 0 aliphatic carbocycles. The van der Waals surface area contributed by atoms with Gasteiger partial charge in [0.1, 0.15) is 0 Å². The Bertz CT molecular complexity index is 491. The molecule has 2 aromatic rings. The first-order valence-electron chi connectivity index (χ1n) is 6.16. The third-order valence-corrected chi connectivity index (χ3v) is 2.85. The highest BCUT2D eigenvalue weighted by Gasteiger charge is 2.07. The van der Waals surface area contributed by atoms with Crippen LogP contribution in [0.2, 0.25) is 0 Å². The summed E-state index contributed by atoms with van der Waals surface area (Å²) >= 11 is 0. The van der Waals surface area contributed by atoms with Crippen molar-refractivity contribution < 1.29 is 9.84 Å². The third kappa shape index (κ3) is 2.70. The standard InChI is InChI=1S/C15H18O2/c1-2-3-6-11-17-15-13-8-5-4-7-12(13)9-10-14(15)16/h4-5,7-10,16H,2-3,6,11H2,1H3. The number of hydrogen-bond acceptors (Lipinski definition) is 2. The lowest BCUT2D eigenvalue weighted by atomic mass is 10.1. The number of phenolic OH excluding ortho intramolecular Hbond substituents is 1. The number of aromatic hydroxyl groups is 1. The smallest absolute Gasteiger partial charge is 0.168 e. The van der Waals surface area contributed by atoms with Crippen LogP contribution in [0.3, 0.4) is 0 Å². The number of hydrogen-bond donors (Lipinski definition) is 1. The highest BCUT2D eigenvalue weighted by molar-refractivity contribution is 5.90. The van der Waals surface area contributed by atoms with Crippen molar-refractivity contribution in [3.05, 3.63) is 36.4 Å². The second kappa shape index (κ2) is 5.58. The molecular formula is C15H18O2. The van der Waals surface area contributed by atoms with Crippen molar-refractivity contribution in [2.75, 3.05) is 6.61 Å². The van der Waals surface area contributed by atoms with Gasteiger partial charge in [0.05, 0.1) is 6.61 Å². The average molecular weight is 230 g/mol. The van der Waals surface area contributed by atoms with Gasteiger partial charge in [-0.1, -0.05) is 50.1 Å². The summed E-state index contributed by atoms with van der Waals surface area (Å²) in [6.07, 6.45) is 3.36. The minimum absolute atomic E-state index is 0.222. The van der Waals surface area contributed by atoms with Gasteiger partial charge in [0.2, 0.25) is 0 Å². The van der Waals surface area contributed by atoms with Crippen molar-refractivity contribution in [1.82, 2.24) is 0 Å². The first-order chi connectivity index (χ1) is 8.33. The van der Waals surface area contributed by atoms with Crippen molar-refractivity contribution >= 4 is 10.8 Å². The lowest BCUT2D eigenvalue weighted by Crippen LogP contribution is -1.97. The Morgan fingerprint density at radius 3 is 2.71 bits per heavy atom. The summed E-state index contributed by atoms with van der Waals surface area (Å²) in [6, 6.07) is 11.5. The van der Waals surface area contributed by atoms with Gasteiger partial charge in [-0.05, 0) is 17.9 Å². The van der Waals surface area contributed by atoms with Gasteiger partial charge in [-0.25, -0.2) is 0 Å². The molecule has 0 aliphatic heterocycles. The normalized spacial score (nSPS) is 10.6. The van der Waals surface area contributed by atoms with Crippen molar-refractivity contribution in [2.24, 2.45) is 0 Å². The monoisotopic (exact) mass is 230 g/mol. The van der Waals surface area contributed by atoms with E-state index in [1.807, 2.05) is 30.3 Å². The number of benzene rings is 2. The lowest BCUT2D eigenvalue weighted by molar-refractivity contribution is 0.294. The van der Waals surface area contributed by atoms with E-state index in [4.69, 9.17) is 4.74 Å². The van der Waals surface area contributed by atoms with Crippen molar-refractivity contribution in [3.8, 4) is 11.5 Å². The summed E-state index contributed by atoms with van der Waals surface area (Å²) in [4.78, 5) is 0. The van der Waals surface area contributed by atoms with Gasteiger partial charge < -0.3 is 9.84 Å². The van der Waals surface area contributed by atoms with E-state index in [-0.39, 0.29) is 5.75 Å². The van der Waals surface area contributed by atoms with Gasteiger partial charge in [0.15, 0.2) is 11.5 Å². The minimum Gasteiger partial charge on any atom is -0.504 e. The summed E-state index contributed by atoms with van der Waals surface area (Å²) in [6.45, 7) is 2.82. The van der Waals surface area contributed by atoms with E-state index in [2.05, 4.69) is 6.92 Å². The van der Waals surface area contributed by atoms with E-state index in [1.165, 1.54) is 6.42 Å². The zero-order chi connectivity index (χ0) is 12.1. The molecule has 1 N–H and O–H groups in total. The lowest BCUT2D eigenvalue weighted by Gasteiger charge is -2.10. The number of fused-ring (bicyclic) bond motifs is 1. The molecule has 0 radical (unpaired) electrons. The number of unbranched alkanes of at least 4 members (excludes halogenated alkanes) is 2.